The van der Waals surface area contributed by atoms with Crippen molar-refractivity contribution in [3.63, 3.8) is 0 Å². The van der Waals surface area contributed by atoms with Gasteiger partial charge in [0.1, 0.15) is 5.75 Å². The van der Waals surface area contributed by atoms with Gasteiger partial charge in [0.25, 0.3) is 5.91 Å². The van der Waals surface area contributed by atoms with E-state index in [0.717, 1.165) is 0 Å². The number of hydrogen-bond donors (Lipinski definition) is 2. The number of carbonyl (C=O) groups is 1. The van der Waals surface area contributed by atoms with Gasteiger partial charge in [-0.25, -0.2) is 0 Å². The van der Waals surface area contributed by atoms with E-state index < -0.39 is 0 Å². The molecule has 0 aliphatic rings. The fourth-order valence-corrected chi connectivity index (χ4v) is 1.70. The SMILES string of the molecule is COc1cc(Cl)c(Cl)cc1C(=O)NCCC(C)N.Cl. The molecule has 1 unspecified atom stereocenters. The molecule has 0 bridgehead atoms. The fourth-order valence-electron chi connectivity index (χ4n) is 1.38. The molecule has 0 saturated heterocycles. The first-order valence-electron chi connectivity index (χ1n) is 5.52. The van der Waals surface area contributed by atoms with Gasteiger partial charge in [-0.2, -0.15) is 0 Å². The van der Waals surface area contributed by atoms with Gasteiger partial charge < -0.3 is 15.8 Å². The molecule has 0 aromatic heterocycles. The van der Waals surface area contributed by atoms with E-state index in [4.69, 9.17) is 33.7 Å². The maximum atomic E-state index is 11.9. The summed E-state index contributed by atoms with van der Waals surface area (Å²) < 4.78 is 5.10. The Balaban J connectivity index is 0.00000324. The largest absolute Gasteiger partial charge is 0.496 e. The summed E-state index contributed by atoms with van der Waals surface area (Å²) in [6, 6.07) is 3.05. The molecule has 1 atom stereocenters. The van der Waals surface area contributed by atoms with Crippen molar-refractivity contribution in [1.82, 2.24) is 5.32 Å². The van der Waals surface area contributed by atoms with E-state index in [-0.39, 0.29) is 24.4 Å². The molecule has 0 aliphatic heterocycles. The Kier molecular flexibility index (Phi) is 8.18. The van der Waals surface area contributed by atoms with Gasteiger partial charge in [-0.05, 0) is 19.4 Å². The molecular formula is C12H17Cl3N2O2. The average molecular weight is 328 g/mol. The van der Waals surface area contributed by atoms with Crippen molar-refractivity contribution in [2.45, 2.75) is 19.4 Å². The lowest BCUT2D eigenvalue weighted by Crippen LogP contribution is -2.29. The van der Waals surface area contributed by atoms with Gasteiger partial charge in [0, 0.05) is 18.7 Å². The van der Waals surface area contributed by atoms with Crippen LogP contribution in [0.1, 0.15) is 23.7 Å². The molecule has 0 aliphatic carbocycles. The van der Waals surface area contributed by atoms with E-state index in [1.807, 2.05) is 6.92 Å². The Labute approximate surface area is 129 Å². The minimum absolute atomic E-state index is 0. The Hall–Kier alpha value is -0.680. The highest BCUT2D eigenvalue weighted by Gasteiger charge is 2.14. The summed E-state index contributed by atoms with van der Waals surface area (Å²) in [7, 11) is 1.47. The first kappa shape index (κ1) is 18.3. The molecule has 1 rings (SSSR count). The third kappa shape index (κ3) is 5.45. The van der Waals surface area contributed by atoms with Crippen LogP contribution in [0.4, 0.5) is 0 Å². The van der Waals surface area contributed by atoms with E-state index in [1.54, 1.807) is 0 Å². The minimum atomic E-state index is -0.258. The lowest BCUT2D eigenvalue weighted by atomic mass is 10.1. The number of ether oxygens (including phenoxy) is 1. The van der Waals surface area contributed by atoms with Crippen molar-refractivity contribution in [3.05, 3.63) is 27.7 Å². The van der Waals surface area contributed by atoms with Gasteiger partial charge in [0.05, 0.1) is 22.7 Å². The van der Waals surface area contributed by atoms with Gasteiger partial charge in [-0.1, -0.05) is 23.2 Å². The first-order chi connectivity index (χ1) is 8.45. The summed E-state index contributed by atoms with van der Waals surface area (Å²) in [6.07, 6.45) is 0.704. The molecule has 108 valence electrons. The number of amides is 1. The summed E-state index contributed by atoms with van der Waals surface area (Å²) in [6.45, 7) is 2.38. The second-order valence-electron chi connectivity index (χ2n) is 3.99. The lowest BCUT2D eigenvalue weighted by molar-refractivity contribution is 0.0950. The van der Waals surface area contributed by atoms with E-state index in [9.17, 15) is 4.79 Å². The highest BCUT2D eigenvalue weighted by Crippen LogP contribution is 2.30. The van der Waals surface area contributed by atoms with Crippen LogP contribution in [0.15, 0.2) is 12.1 Å². The molecule has 0 fully saturated rings. The van der Waals surface area contributed by atoms with Crippen molar-refractivity contribution in [1.29, 1.82) is 0 Å². The number of carbonyl (C=O) groups excluding carboxylic acids is 1. The van der Waals surface area contributed by atoms with E-state index in [0.29, 0.717) is 34.3 Å². The number of nitrogens with two attached hydrogens (primary N) is 1. The number of rotatable bonds is 5. The maximum absolute atomic E-state index is 11.9. The van der Waals surface area contributed by atoms with Crippen molar-refractivity contribution in [3.8, 4) is 5.75 Å². The zero-order valence-electron chi connectivity index (χ0n) is 10.7. The van der Waals surface area contributed by atoms with Gasteiger partial charge >= 0.3 is 0 Å². The number of nitrogens with one attached hydrogen (secondary N) is 1. The number of benzene rings is 1. The second kappa shape index (κ2) is 8.48. The number of halogens is 3. The molecule has 1 amide bonds. The Morgan fingerprint density at radius 1 is 1.42 bits per heavy atom. The van der Waals surface area contributed by atoms with Crippen LogP contribution in [-0.4, -0.2) is 25.6 Å². The van der Waals surface area contributed by atoms with Crippen LogP contribution in [0.5, 0.6) is 5.75 Å². The zero-order valence-corrected chi connectivity index (χ0v) is 13.0. The average Bonchev–Trinajstić information content (AvgIpc) is 2.31. The summed E-state index contributed by atoms with van der Waals surface area (Å²) in [4.78, 5) is 11.9. The van der Waals surface area contributed by atoms with E-state index in [2.05, 4.69) is 5.32 Å². The predicted molar refractivity (Wildman–Crippen MR) is 80.9 cm³/mol. The third-order valence-corrected chi connectivity index (χ3v) is 3.09. The van der Waals surface area contributed by atoms with Gasteiger partial charge in [0.2, 0.25) is 0 Å². The van der Waals surface area contributed by atoms with E-state index in [1.165, 1.54) is 19.2 Å². The standard InChI is InChI=1S/C12H16Cl2N2O2.ClH/c1-7(15)3-4-16-12(17)8-5-9(13)10(14)6-11(8)18-2;/h5-7H,3-4,15H2,1-2H3,(H,16,17);1H. The summed E-state index contributed by atoms with van der Waals surface area (Å²) >= 11 is 11.7. The smallest absolute Gasteiger partial charge is 0.255 e. The predicted octanol–water partition coefficient (Wildman–Crippen LogP) is 2.89. The quantitative estimate of drug-likeness (QED) is 0.874. The molecule has 1 aromatic carbocycles. The monoisotopic (exact) mass is 326 g/mol. The maximum Gasteiger partial charge on any atom is 0.255 e. The van der Waals surface area contributed by atoms with Crippen LogP contribution in [-0.2, 0) is 0 Å². The molecule has 0 heterocycles. The van der Waals surface area contributed by atoms with Crippen molar-refractivity contribution in [2.75, 3.05) is 13.7 Å². The molecule has 0 spiro atoms. The molecule has 1 aromatic rings. The van der Waals surface area contributed by atoms with Crippen molar-refractivity contribution < 1.29 is 9.53 Å². The molecule has 0 radical (unpaired) electrons. The molecular weight excluding hydrogens is 311 g/mol. The zero-order chi connectivity index (χ0) is 13.7. The molecule has 7 heteroatoms. The number of hydrogen-bond acceptors (Lipinski definition) is 3. The summed E-state index contributed by atoms with van der Waals surface area (Å²) in [5.74, 6) is 0.133. The van der Waals surface area contributed by atoms with Crippen LogP contribution in [0, 0.1) is 0 Å². The van der Waals surface area contributed by atoms with Crippen LogP contribution in [0.3, 0.4) is 0 Å². The molecule has 3 N–H and O–H groups in total. The molecule has 0 saturated carbocycles. The van der Waals surface area contributed by atoms with Gasteiger partial charge in [-0.3, -0.25) is 4.79 Å². The summed E-state index contributed by atoms with van der Waals surface area (Å²) in [5, 5.41) is 3.41. The Bertz CT molecular complexity index is 439. The second-order valence-corrected chi connectivity index (χ2v) is 4.80. The fraction of sp³-hybridized carbons (Fsp3) is 0.417. The Morgan fingerprint density at radius 3 is 2.53 bits per heavy atom. The van der Waals surface area contributed by atoms with Crippen molar-refractivity contribution >= 4 is 41.5 Å². The summed E-state index contributed by atoms with van der Waals surface area (Å²) in [5.41, 5.74) is 5.96. The number of methoxy groups -OCH3 is 1. The lowest BCUT2D eigenvalue weighted by Gasteiger charge is -2.11. The van der Waals surface area contributed by atoms with Crippen LogP contribution in [0.2, 0.25) is 10.0 Å². The van der Waals surface area contributed by atoms with E-state index >= 15 is 0 Å². The van der Waals surface area contributed by atoms with Gasteiger partial charge in [0.15, 0.2) is 0 Å². The topological polar surface area (TPSA) is 64.3 Å². The van der Waals surface area contributed by atoms with Crippen molar-refractivity contribution in [2.24, 2.45) is 5.73 Å². The van der Waals surface area contributed by atoms with Crippen LogP contribution >= 0.6 is 35.6 Å². The van der Waals surface area contributed by atoms with Crippen LogP contribution in [0.25, 0.3) is 0 Å². The minimum Gasteiger partial charge on any atom is -0.496 e. The molecule has 4 nitrogen and oxygen atoms in total. The van der Waals surface area contributed by atoms with Gasteiger partial charge in [-0.15, -0.1) is 12.4 Å². The normalized spacial score (nSPS) is 11.4. The third-order valence-electron chi connectivity index (χ3n) is 2.37. The Morgan fingerprint density at radius 2 is 2.00 bits per heavy atom. The molecule has 19 heavy (non-hydrogen) atoms. The van der Waals surface area contributed by atoms with Crippen LogP contribution < -0.4 is 15.8 Å². The highest BCUT2D eigenvalue weighted by atomic mass is 35.5. The first-order valence-corrected chi connectivity index (χ1v) is 6.28. The highest BCUT2D eigenvalue weighted by molar-refractivity contribution is 6.42.